The summed E-state index contributed by atoms with van der Waals surface area (Å²) in [6.07, 6.45) is 4.30. The van der Waals surface area contributed by atoms with Gasteiger partial charge in [0.1, 0.15) is 0 Å². The molecule has 1 amide bonds. The number of allylic oxidation sites excluding steroid dienone is 1. The highest BCUT2D eigenvalue weighted by Gasteiger charge is 2.15. The zero-order valence-electron chi connectivity index (χ0n) is 15.3. The quantitative estimate of drug-likeness (QED) is 0.578. The first-order valence-electron chi connectivity index (χ1n) is 8.49. The number of carbonyl (C=O) groups is 1. The zero-order valence-corrected chi connectivity index (χ0v) is 16.9. The van der Waals surface area contributed by atoms with Crippen molar-refractivity contribution in [2.24, 2.45) is 0 Å². The minimum Gasteiger partial charge on any atom is -0.323 e. The zero-order chi connectivity index (χ0) is 20.9. The van der Waals surface area contributed by atoms with E-state index < -0.39 is 10.0 Å². The molecule has 0 aliphatic rings. The number of hydrogen-bond donors (Lipinski definition) is 2. The summed E-state index contributed by atoms with van der Waals surface area (Å²) in [7, 11) is -3.83. The van der Waals surface area contributed by atoms with E-state index in [1.54, 1.807) is 19.1 Å². The van der Waals surface area contributed by atoms with E-state index in [4.69, 9.17) is 11.6 Å². The Morgan fingerprint density at radius 2 is 1.66 bits per heavy atom. The van der Waals surface area contributed by atoms with Crippen LogP contribution in [0.5, 0.6) is 0 Å². The third kappa shape index (κ3) is 5.40. The molecule has 9 heteroatoms. The Morgan fingerprint density at radius 1 is 1.00 bits per heavy atom. The molecular weight excluding hydrogens is 412 g/mol. The number of amides is 1. The normalized spacial score (nSPS) is 11.7. The van der Waals surface area contributed by atoms with Gasteiger partial charge in [0, 0.05) is 29.2 Å². The molecule has 0 saturated carbocycles. The van der Waals surface area contributed by atoms with Crippen LogP contribution in [-0.4, -0.2) is 24.3 Å². The highest BCUT2D eigenvalue weighted by atomic mass is 35.5. The fourth-order valence-corrected chi connectivity index (χ4v) is 3.72. The van der Waals surface area contributed by atoms with Crippen LogP contribution in [0.2, 0.25) is 5.02 Å². The maximum Gasteiger partial charge on any atom is 0.264 e. The van der Waals surface area contributed by atoms with Crippen LogP contribution in [0.25, 0.3) is 5.57 Å². The molecule has 0 aliphatic heterocycles. The largest absolute Gasteiger partial charge is 0.323 e. The first kappa shape index (κ1) is 20.5. The average molecular weight is 429 g/mol. The summed E-state index contributed by atoms with van der Waals surface area (Å²) in [5.74, 6) is -0.376. The monoisotopic (exact) mass is 428 g/mol. The highest BCUT2D eigenvalue weighted by molar-refractivity contribution is 7.92. The van der Waals surface area contributed by atoms with Crippen molar-refractivity contribution in [3.05, 3.63) is 83.7 Å². The number of halogens is 1. The summed E-state index contributed by atoms with van der Waals surface area (Å²) in [4.78, 5) is 19.9. The molecule has 1 aromatic heterocycles. The Kier molecular flexibility index (Phi) is 6.26. The second-order valence-corrected chi connectivity index (χ2v) is 8.09. The molecule has 0 radical (unpaired) electrons. The third-order valence-electron chi connectivity index (χ3n) is 3.87. The molecule has 0 bridgehead atoms. The molecule has 0 unspecified atom stereocenters. The van der Waals surface area contributed by atoms with Crippen LogP contribution in [0.1, 0.15) is 12.5 Å². The van der Waals surface area contributed by atoms with Crippen molar-refractivity contribution in [1.82, 2.24) is 9.97 Å². The van der Waals surface area contributed by atoms with Gasteiger partial charge in [-0.2, -0.15) is 0 Å². The van der Waals surface area contributed by atoms with Gasteiger partial charge in [0.15, 0.2) is 0 Å². The van der Waals surface area contributed by atoms with Crippen LogP contribution in [0.3, 0.4) is 0 Å². The second-order valence-electron chi connectivity index (χ2n) is 6.00. The lowest BCUT2D eigenvalue weighted by Crippen LogP contribution is -2.15. The predicted octanol–water partition coefficient (Wildman–Crippen LogP) is 3.97. The van der Waals surface area contributed by atoms with Gasteiger partial charge in [-0.25, -0.2) is 23.1 Å². The Morgan fingerprint density at radius 3 is 2.31 bits per heavy atom. The molecule has 148 valence electrons. The molecule has 3 aromatic rings. The molecule has 7 nitrogen and oxygen atoms in total. The molecule has 0 atom stereocenters. The molecule has 3 rings (SSSR count). The van der Waals surface area contributed by atoms with Crippen molar-refractivity contribution < 1.29 is 13.2 Å². The summed E-state index contributed by atoms with van der Waals surface area (Å²) in [5, 5.41) is 3.25. The van der Waals surface area contributed by atoms with Gasteiger partial charge in [0.2, 0.25) is 11.9 Å². The van der Waals surface area contributed by atoms with Crippen molar-refractivity contribution in [3.8, 4) is 0 Å². The number of sulfonamides is 1. The number of aromatic nitrogens is 2. The Hall–Kier alpha value is -3.23. The van der Waals surface area contributed by atoms with E-state index in [1.807, 2.05) is 18.2 Å². The fraction of sp³-hybridized carbons (Fsp3) is 0.0500. The highest BCUT2D eigenvalue weighted by Crippen LogP contribution is 2.23. The number of hydrogen-bond acceptors (Lipinski definition) is 5. The molecule has 0 aliphatic carbocycles. The lowest BCUT2D eigenvalue weighted by atomic mass is 10.1. The van der Waals surface area contributed by atoms with Gasteiger partial charge in [-0.3, -0.25) is 4.79 Å². The molecule has 0 saturated heterocycles. The maximum atomic E-state index is 12.4. The van der Waals surface area contributed by atoms with Crippen LogP contribution in [0.4, 0.5) is 11.6 Å². The van der Waals surface area contributed by atoms with E-state index in [-0.39, 0.29) is 16.8 Å². The number of carbonyl (C=O) groups excluding carboxylic acids is 1. The number of nitrogens with one attached hydrogen (secondary N) is 2. The van der Waals surface area contributed by atoms with Crippen LogP contribution in [-0.2, 0) is 14.8 Å². The summed E-state index contributed by atoms with van der Waals surface area (Å²) in [6, 6.07) is 14.6. The predicted molar refractivity (Wildman–Crippen MR) is 113 cm³/mol. The lowest BCUT2D eigenvalue weighted by Gasteiger charge is -2.08. The molecule has 2 N–H and O–H groups in total. The van der Waals surface area contributed by atoms with Gasteiger partial charge in [-0.1, -0.05) is 29.8 Å². The lowest BCUT2D eigenvalue weighted by molar-refractivity contribution is -0.111. The first-order chi connectivity index (χ1) is 13.8. The van der Waals surface area contributed by atoms with Gasteiger partial charge in [-0.15, -0.1) is 0 Å². The Balaban J connectivity index is 1.69. The third-order valence-corrected chi connectivity index (χ3v) is 5.54. The van der Waals surface area contributed by atoms with Crippen molar-refractivity contribution in [3.63, 3.8) is 0 Å². The minimum atomic E-state index is -3.83. The van der Waals surface area contributed by atoms with Gasteiger partial charge < -0.3 is 5.32 Å². The van der Waals surface area contributed by atoms with Gasteiger partial charge >= 0.3 is 0 Å². The standard InChI is InChI=1S/C20H17ClN4O3S/c1-14(17-5-2-3-6-18(17)21)13-19(26)24-15-7-9-16(10-8-15)29(27,28)25-20-22-11-4-12-23-20/h2-13H,1H3,(H,24,26)(H,22,23,25)/b14-13-. The topological polar surface area (TPSA) is 101 Å². The number of anilines is 2. The minimum absolute atomic E-state index is 0.0192. The molecule has 2 aromatic carbocycles. The van der Waals surface area contributed by atoms with Crippen LogP contribution in [0.15, 0.2) is 78.0 Å². The maximum absolute atomic E-state index is 12.4. The first-order valence-corrected chi connectivity index (χ1v) is 10.4. The second kappa shape index (κ2) is 8.85. The van der Waals surface area contributed by atoms with E-state index in [2.05, 4.69) is 20.0 Å². The van der Waals surface area contributed by atoms with Crippen molar-refractivity contribution in [2.45, 2.75) is 11.8 Å². The van der Waals surface area contributed by atoms with Crippen molar-refractivity contribution in [1.29, 1.82) is 0 Å². The molecule has 0 fully saturated rings. The fourth-order valence-electron chi connectivity index (χ4n) is 2.48. The van der Waals surface area contributed by atoms with E-state index >= 15 is 0 Å². The van der Waals surface area contributed by atoms with Gasteiger partial charge in [-0.05, 0) is 54.5 Å². The molecular formula is C20H17ClN4O3S. The van der Waals surface area contributed by atoms with Crippen LogP contribution >= 0.6 is 11.6 Å². The summed E-state index contributed by atoms with van der Waals surface area (Å²) >= 11 is 6.14. The van der Waals surface area contributed by atoms with Gasteiger partial charge in [0.25, 0.3) is 10.0 Å². The van der Waals surface area contributed by atoms with E-state index in [0.717, 1.165) is 5.56 Å². The number of rotatable bonds is 6. The molecule has 0 spiro atoms. The van der Waals surface area contributed by atoms with Crippen molar-refractivity contribution in [2.75, 3.05) is 10.0 Å². The summed E-state index contributed by atoms with van der Waals surface area (Å²) in [5.41, 5.74) is 1.92. The average Bonchev–Trinajstić information content (AvgIpc) is 2.69. The summed E-state index contributed by atoms with van der Waals surface area (Å²) in [6.45, 7) is 1.79. The van der Waals surface area contributed by atoms with Gasteiger partial charge in [0.05, 0.1) is 4.90 Å². The van der Waals surface area contributed by atoms with E-state index in [9.17, 15) is 13.2 Å². The van der Waals surface area contributed by atoms with Crippen LogP contribution < -0.4 is 10.0 Å². The Bertz CT molecular complexity index is 1150. The smallest absolute Gasteiger partial charge is 0.264 e. The number of benzene rings is 2. The Labute approximate surface area is 173 Å². The van der Waals surface area contributed by atoms with E-state index in [1.165, 1.54) is 42.7 Å². The summed E-state index contributed by atoms with van der Waals surface area (Å²) < 4.78 is 27.0. The SMILES string of the molecule is C/C(=C/C(=O)Nc1ccc(S(=O)(=O)Nc2ncccn2)cc1)c1ccccc1Cl. The molecule has 29 heavy (non-hydrogen) atoms. The molecule has 1 heterocycles. The van der Waals surface area contributed by atoms with E-state index in [0.29, 0.717) is 16.3 Å². The van der Waals surface area contributed by atoms with Crippen LogP contribution in [0, 0.1) is 0 Å². The number of nitrogens with zero attached hydrogens (tertiary/aromatic N) is 2. The van der Waals surface area contributed by atoms with Crippen molar-refractivity contribution >= 4 is 44.7 Å².